The largest absolute Gasteiger partial charge is 0.257 e. The second-order valence-corrected chi connectivity index (χ2v) is 7.86. The Balaban J connectivity index is 2.43. The van der Waals surface area contributed by atoms with Crippen LogP contribution < -0.4 is 5.14 Å². The van der Waals surface area contributed by atoms with Gasteiger partial charge in [0, 0.05) is 10.8 Å². The Morgan fingerprint density at radius 3 is 1.65 bits per heavy atom. The third-order valence-electron chi connectivity index (χ3n) is 2.75. The molecule has 0 heterocycles. The van der Waals surface area contributed by atoms with E-state index in [0.29, 0.717) is 0 Å². The molecule has 0 amide bonds. The number of benzene rings is 2. The molecule has 0 aliphatic carbocycles. The molecule has 2 rings (SSSR count). The number of rotatable bonds is 5. The van der Waals surface area contributed by atoms with Crippen LogP contribution in [0.4, 0.5) is 0 Å². The van der Waals surface area contributed by atoms with Gasteiger partial charge in [0.05, 0.1) is 5.25 Å². The van der Waals surface area contributed by atoms with Crippen LogP contribution in [0.3, 0.4) is 0 Å². The third-order valence-corrected chi connectivity index (χ3v) is 6.06. The van der Waals surface area contributed by atoms with Crippen LogP contribution >= 0.6 is 0 Å². The monoisotopic (exact) mass is 309 g/mol. The summed E-state index contributed by atoms with van der Waals surface area (Å²) in [4.78, 5) is 0. The van der Waals surface area contributed by atoms with Crippen molar-refractivity contribution in [3.05, 3.63) is 71.8 Å². The van der Waals surface area contributed by atoms with Crippen molar-refractivity contribution in [1.82, 2.24) is 0 Å². The lowest BCUT2D eigenvalue weighted by atomic mass is 10.0. The van der Waals surface area contributed by atoms with Crippen LogP contribution in [-0.4, -0.2) is 17.7 Å². The molecule has 2 aromatic rings. The van der Waals surface area contributed by atoms with Crippen molar-refractivity contribution in [2.24, 2.45) is 5.14 Å². The summed E-state index contributed by atoms with van der Waals surface area (Å²) in [7, 11) is -5.43. The lowest BCUT2D eigenvalue weighted by molar-refractivity contribution is 0.601. The van der Waals surface area contributed by atoms with Gasteiger partial charge < -0.3 is 0 Å². The van der Waals surface area contributed by atoms with Gasteiger partial charge in [0.1, 0.15) is 5.08 Å². The highest BCUT2D eigenvalue weighted by atomic mass is 32.3. The number of nitrogens with two attached hydrogens (primary N) is 1. The molecule has 0 aromatic heterocycles. The Morgan fingerprint density at radius 1 is 0.900 bits per heavy atom. The molecule has 0 saturated heterocycles. The summed E-state index contributed by atoms with van der Waals surface area (Å²) in [6.07, 6.45) is 0. The minimum absolute atomic E-state index is 0.504. The van der Waals surface area contributed by atoms with Gasteiger partial charge in [-0.25, -0.2) is 13.6 Å². The molecule has 20 heavy (non-hydrogen) atoms. The number of hydrogen-bond donors (Lipinski definition) is 1. The molecule has 0 bridgehead atoms. The van der Waals surface area contributed by atoms with Gasteiger partial charge in [-0.05, 0) is 11.1 Å². The maximum atomic E-state index is 12.4. The van der Waals surface area contributed by atoms with E-state index in [4.69, 9.17) is 5.14 Å². The molecule has 106 valence electrons. The first kappa shape index (κ1) is 14.9. The summed E-state index contributed by atoms with van der Waals surface area (Å²) in [6.45, 7) is 0. The van der Waals surface area contributed by atoms with Gasteiger partial charge in [-0.3, -0.25) is 4.21 Å². The van der Waals surface area contributed by atoms with Gasteiger partial charge in [0.2, 0.25) is 10.0 Å². The predicted molar refractivity (Wildman–Crippen MR) is 80.8 cm³/mol. The molecule has 0 fully saturated rings. The summed E-state index contributed by atoms with van der Waals surface area (Å²) < 4.78 is 34.8. The van der Waals surface area contributed by atoms with Crippen LogP contribution in [-0.2, 0) is 20.8 Å². The molecule has 2 N–H and O–H groups in total. The molecule has 2 aromatic carbocycles. The van der Waals surface area contributed by atoms with Crippen molar-refractivity contribution < 1.29 is 12.6 Å². The van der Waals surface area contributed by atoms with E-state index in [1.807, 2.05) is 60.7 Å². The maximum absolute atomic E-state index is 12.4. The number of hydrogen-bond acceptors (Lipinski definition) is 3. The number of sulfonamides is 1. The van der Waals surface area contributed by atoms with Gasteiger partial charge in [0.15, 0.2) is 0 Å². The second kappa shape index (κ2) is 6.30. The van der Waals surface area contributed by atoms with Gasteiger partial charge in [-0.15, -0.1) is 0 Å². The van der Waals surface area contributed by atoms with Gasteiger partial charge in [-0.1, -0.05) is 60.7 Å². The van der Waals surface area contributed by atoms with Crippen molar-refractivity contribution in [3.8, 4) is 0 Å². The van der Waals surface area contributed by atoms with E-state index in [9.17, 15) is 12.6 Å². The maximum Gasteiger partial charge on any atom is 0.221 e. The molecular formula is C14H15NO3S2. The van der Waals surface area contributed by atoms with Crippen LogP contribution in [0, 0.1) is 0 Å². The molecule has 4 nitrogen and oxygen atoms in total. The van der Waals surface area contributed by atoms with Gasteiger partial charge in [-0.2, -0.15) is 0 Å². The van der Waals surface area contributed by atoms with Gasteiger partial charge in [0.25, 0.3) is 0 Å². The van der Waals surface area contributed by atoms with Crippen LogP contribution in [0.25, 0.3) is 0 Å². The summed E-state index contributed by atoms with van der Waals surface area (Å²) in [5.74, 6) is 0. The molecule has 0 aliphatic heterocycles. The topological polar surface area (TPSA) is 77.2 Å². The van der Waals surface area contributed by atoms with Crippen LogP contribution in [0.5, 0.6) is 0 Å². The normalized spacial score (nSPS) is 13.3. The van der Waals surface area contributed by atoms with Crippen molar-refractivity contribution in [3.63, 3.8) is 0 Å². The zero-order chi connectivity index (χ0) is 14.6. The van der Waals surface area contributed by atoms with Crippen molar-refractivity contribution in [2.75, 3.05) is 5.08 Å². The lowest BCUT2D eigenvalue weighted by Crippen LogP contribution is -2.23. The molecule has 0 saturated carbocycles. The Morgan fingerprint density at radius 2 is 1.30 bits per heavy atom. The summed E-state index contributed by atoms with van der Waals surface area (Å²) >= 11 is 0. The average molecular weight is 309 g/mol. The standard InChI is InChI=1S/C14H15NO3S2/c15-20(17,18)11-19(16)14(12-7-3-1-4-8-12)13-9-5-2-6-10-13/h1-10,14H,11H2,(H2,15,17,18)/t19-/m1/s1. The molecule has 6 heteroatoms. The van der Waals surface area contributed by atoms with E-state index in [0.717, 1.165) is 11.1 Å². The highest BCUT2D eigenvalue weighted by molar-refractivity contribution is 8.04. The quantitative estimate of drug-likeness (QED) is 0.914. The van der Waals surface area contributed by atoms with E-state index in [1.54, 1.807) is 0 Å². The van der Waals surface area contributed by atoms with E-state index in [-0.39, 0.29) is 0 Å². The Labute approximate surface area is 121 Å². The smallest absolute Gasteiger partial charge is 0.221 e. The molecular weight excluding hydrogens is 294 g/mol. The summed E-state index contributed by atoms with van der Waals surface area (Å²) in [5.41, 5.74) is 1.61. The van der Waals surface area contributed by atoms with Crippen LogP contribution in [0.15, 0.2) is 60.7 Å². The van der Waals surface area contributed by atoms with Gasteiger partial charge >= 0.3 is 0 Å². The van der Waals surface area contributed by atoms with E-state index < -0.39 is 31.2 Å². The number of primary sulfonamides is 1. The fourth-order valence-corrected chi connectivity index (χ4v) is 4.74. The van der Waals surface area contributed by atoms with Crippen LogP contribution in [0.2, 0.25) is 0 Å². The van der Waals surface area contributed by atoms with E-state index in [1.165, 1.54) is 0 Å². The Kier molecular flexibility index (Phi) is 4.69. The van der Waals surface area contributed by atoms with Crippen molar-refractivity contribution >= 4 is 20.8 Å². The fraction of sp³-hybridized carbons (Fsp3) is 0.143. The molecule has 0 spiro atoms. The van der Waals surface area contributed by atoms with E-state index in [2.05, 4.69) is 0 Å². The predicted octanol–water partition coefficient (Wildman–Crippen LogP) is 1.77. The zero-order valence-corrected chi connectivity index (χ0v) is 12.3. The fourth-order valence-electron chi connectivity index (χ4n) is 1.98. The summed E-state index contributed by atoms with van der Waals surface area (Å²) in [5, 5.41) is 3.95. The minimum Gasteiger partial charge on any atom is -0.257 e. The molecule has 0 radical (unpaired) electrons. The Bertz CT molecular complexity index is 645. The summed E-state index contributed by atoms with van der Waals surface area (Å²) in [6, 6.07) is 18.4. The minimum atomic E-state index is -3.78. The molecule has 0 aliphatic rings. The third kappa shape index (κ3) is 4.00. The first-order chi connectivity index (χ1) is 9.47. The highest BCUT2D eigenvalue weighted by Gasteiger charge is 2.24. The molecule has 0 unspecified atom stereocenters. The van der Waals surface area contributed by atoms with Crippen molar-refractivity contribution in [2.45, 2.75) is 5.25 Å². The Hall–Kier alpha value is -1.50. The lowest BCUT2D eigenvalue weighted by Gasteiger charge is -2.17. The first-order valence-corrected chi connectivity index (χ1v) is 9.04. The van der Waals surface area contributed by atoms with E-state index >= 15 is 0 Å². The second-order valence-electron chi connectivity index (χ2n) is 4.36. The first-order valence-electron chi connectivity index (χ1n) is 5.95. The SMILES string of the molecule is NS(=O)(=O)C[S@@](=O)C(c1ccccc1)c1ccccc1. The van der Waals surface area contributed by atoms with Crippen LogP contribution in [0.1, 0.15) is 16.4 Å². The zero-order valence-electron chi connectivity index (χ0n) is 10.7. The van der Waals surface area contributed by atoms with Crippen molar-refractivity contribution in [1.29, 1.82) is 0 Å². The molecule has 1 atom stereocenters. The average Bonchev–Trinajstić information content (AvgIpc) is 2.39. The highest BCUT2D eigenvalue weighted by Crippen LogP contribution is 2.28.